The predicted molar refractivity (Wildman–Crippen MR) is 76.4 cm³/mol. The van der Waals surface area contributed by atoms with Crippen molar-refractivity contribution in [1.29, 1.82) is 0 Å². The number of rotatable bonds is 4. The normalized spacial score (nSPS) is 13.3. The van der Waals surface area contributed by atoms with Gasteiger partial charge in [-0.25, -0.2) is 26.9 Å². The molecule has 0 saturated heterocycles. The van der Waals surface area contributed by atoms with Crippen LogP contribution in [0, 0.1) is 18.6 Å². The number of sulfonamides is 1. The molecule has 1 aromatic carbocycles. The molecule has 0 saturated carbocycles. The van der Waals surface area contributed by atoms with Crippen LogP contribution >= 0.6 is 11.3 Å². The van der Waals surface area contributed by atoms with Crippen LogP contribution in [0.3, 0.4) is 0 Å². The maximum atomic E-state index is 13.7. The molecule has 21 heavy (non-hydrogen) atoms. The van der Waals surface area contributed by atoms with E-state index in [1.807, 2.05) is 0 Å². The Labute approximate surface area is 124 Å². The van der Waals surface area contributed by atoms with Gasteiger partial charge in [0.1, 0.15) is 9.90 Å². The van der Waals surface area contributed by atoms with Gasteiger partial charge in [0.15, 0.2) is 11.6 Å². The molecule has 0 fully saturated rings. The lowest BCUT2D eigenvalue weighted by Gasteiger charge is -2.13. The summed E-state index contributed by atoms with van der Waals surface area (Å²) in [6, 6.07) is 0.931. The molecular weight excluding hydrogens is 320 g/mol. The molecule has 0 aliphatic rings. The Hall–Kier alpha value is -1.58. The summed E-state index contributed by atoms with van der Waals surface area (Å²) in [7, 11) is -4.25. The van der Waals surface area contributed by atoms with Crippen LogP contribution in [-0.2, 0) is 10.0 Å². The topological polar surface area (TPSA) is 85.1 Å². The van der Waals surface area contributed by atoms with Crippen LogP contribution in [0.25, 0.3) is 0 Å². The number of thiazole rings is 1. The first-order chi connectivity index (χ1) is 9.70. The fourth-order valence-electron chi connectivity index (χ4n) is 1.70. The van der Waals surface area contributed by atoms with E-state index in [1.54, 1.807) is 19.2 Å². The van der Waals surface area contributed by atoms with Gasteiger partial charge in [0.05, 0.1) is 6.04 Å². The van der Waals surface area contributed by atoms with Crippen LogP contribution in [0.1, 0.15) is 23.7 Å². The molecule has 1 atom stereocenters. The zero-order valence-electron chi connectivity index (χ0n) is 11.2. The largest absolute Gasteiger partial charge is 0.399 e. The second-order valence-corrected chi connectivity index (χ2v) is 7.06. The first-order valence-electron chi connectivity index (χ1n) is 5.89. The number of halogens is 2. The molecule has 0 amide bonds. The van der Waals surface area contributed by atoms with Gasteiger partial charge in [-0.2, -0.15) is 0 Å². The fraction of sp³-hybridized carbons (Fsp3) is 0.250. The number of nitrogen functional groups attached to an aromatic ring is 1. The smallest absolute Gasteiger partial charge is 0.244 e. The standard InChI is InChI=1S/C12H13F2N3O2S2/c1-6-5-20-12(16-6)7(2)17-21(18,19)10-4-8(15)3-9(13)11(10)14/h3-5,7,17H,15H2,1-2H3. The summed E-state index contributed by atoms with van der Waals surface area (Å²) < 4.78 is 53.5. The molecule has 1 aromatic heterocycles. The highest BCUT2D eigenvalue weighted by Crippen LogP contribution is 2.24. The minimum Gasteiger partial charge on any atom is -0.399 e. The number of nitrogens with two attached hydrogens (primary N) is 1. The lowest BCUT2D eigenvalue weighted by molar-refractivity contribution is 0.482. The molecule has 0 aliphatic heterocycles. The van der Waals surface area contributed by atoms with E-state index >= 15 is 0 Å². The molecule has 2 rings (SSSR count). The second kappa shape index (κ2) is 5.66. The van der Waals surface area contributed by atoms with Gasteiger partial charge >= 0.3 is 0 Å². The summed E-state index contributed by atoms with van der Waals surface area (Å²) in [6.07, 6.45) is 0. The summed E-state index contributed by atoms with van der Waals surface area (Å²) in [5.74, 6) is -2.77. The highest BCUT2D eigenvalue weighted by Gasteiger charge is 2.25. The van der Waals surface area contributed by atoms with Gasteiger partial charge in [-0.1, -0.05) is 0 Å². The molecule has 0 aliphatic carbocycles. The number of hydrogen-bond donors (Lipinski definition) is 2. The fourth-order valence-corrected chi connectivity index (χ4v) is 3.90. The molecule has 1 heterocycles. The molecule has 0 radical (unpaired) electrons. The van der Waals surface area contributed by atoms with E-state index in [0.717, 1.165) is 17.8 Å². The zero-order valence-corrected chi connectivity index (χ0v) is 12.9. The van der Waals surface area contributed by atoms with Gasteiger partial charge in [0, 0.05) is 16.8 Å². The van der Waals surface area contributed by atoms with E-state index in [-0.39, 0.29) is 5.69 Å². The van der Waals surface area contributed by atoms with E-state index in [2.05, 4.69) is 9.71 Å². The Bertz CT molecular complexity index is 775. The molecule has 1 unspecified atom stereocenters. The minimum atomic E-state index is -4.25. The average molecular weight is 333 g/mol. The van der Waals surface area contributed by atoms with E-state index in [4.69, 9.17) is 5.73 Å². The molecule has 114 valence electrons. The number of benzene rings is 1. The number of aromatic nitrogens is 1. The first-order valence-corrected chi connectivity index (χ1v) is 8.26. The van der Waals surface area contributed by atoms with Crippen LogP contribution in [0.5, 0.6) is 0 Å². The van der Waals surface area contributed by atoms with Crippen molar-refractivity contribution in [1.82, 2.24) is 9.71 Å². The number of nitrogens with zero attached hydrogens (tertiary/aromatic N) is 1. The maximum absolute atomic E-state index is 13.7. The third-order valence-corrected chi connectivity index (χ3v) is 5.33. The molecule has 9 heteroatoms. The zero-order chi connectivity index (χ0) is 15.8. The molecule has 5 nitrogen and oxygen atoms in total. The summed E-state index contributed by atoms with van der Waals surface area (Å²) in [6.45, 7) is 3.34. The molecular formula is C12H13F2N3O2S2. The van der Waals surface area contributed by atoms with Crippen LogP contribution in [0.4, 0.5) is 14.5 Å². The van der Waals surface area contributed by atoms with Crippen molar-refractivity contribution in [3.05, 3.63) is 39.8 Å². The molecule has 3 N–H and O–H groups in total. The molecule has 0 spiro atoms. The van der Waals surface area contributed by atoms with Crippen molar-refractivity contribution in [2.45, 2.75) is 24.8 Å². The Morgan fingerprint density at radius 2 is 2.05 bits per heavy atom. The van der Waals surface area contributed by atoms with Crippen LogP contribution in [0.15, 0.2) is 22.4 Å². The van der Waals surface area contributed by atoms with Gasteiger partial charge in [0.2, 0.25) is 10.0 Å². The van der Waals surface area contributed by atoms with Crippen molar-refractivity contribution >= 4 is 27.0 Å². The van der Waals surface area contributed by atoms with Gasteiger partial charge in [0.25, 0.3) is 0 Å². The van der Waals surface area contributed by atoms with E-state index in [1.165, 1.54) is 11.3 Å². The summed E-state index contributed by atoms with van der Waals surface area (Å²) in [5, 5.41) is 2.29. The van der Waals surface area contributed by atoms with Gasteiger partial charge < -0.3 is 5.73 Å². The van der Waals surface area contributed by atoms with Crippen LogP contribution in [-0.4, -0.2) is 13.4 Å². The lowest BCUT2D eigenvalue weighted by atomic mass is 10.3. The predicted octanol–water partition coefficient (Wildman–Crippen LogP) is 2.35. The molecule has 0 bridgehead atoms. The Morgan fingerprint density at radius 3 is 2.62 bits per heavy atom. The van der Waals surface area contributed by atoms with Gasteiger partial charge in [-0.15, -0.1) is 11.3 Å². The Kier molecular flexibility index (Phi) is 4.26. The minimum absolute atomic E-state index is 0.174. The van der Waals surface area contributed by atoms with Gasteiger partial charge in [-0.3, -0.25) is 0 Å². The monoisotopic (exact) mass is 333 g/mol. The van der Waals surface area contributed by atoms with E-state index in [9.17, 15) is 17.2 Å². The van der Waals surface area contributed by atoms with Crippen LogP contribution < -0.4 is 10.5 Å². The maximum Gasteiger partial charge on any atom is 0.244 e. The Balaban J connectivity index is 2.35. The van der Waals surface area contributed by atoms with E-state index in [0.29, 0.717) is 5.01 Å². The van der Waals surface area contributed by atoms with Gasteiger partial charge in [-0.05, 0) is 26.0 Å². The number of hydrogen-bond acceptors (Lipinski definition) is 5. The SMILES string of the molecule is Cc1csc(C(C)NS(=O)(=O)c2cc(N)cc(F)c2F)n1. The third-order valence-electron chi connectivity index (χ3n) is 2.65. The number of aryl methyl sites for hydroxylation is 1. The number of anilines is 1. The Morgan fingerprint density at radius 1 is 1.38 bits per heavy atom. The average Bonchev–Trinajstić information content (AvgIpc) is 2.80. The summed E-state index contributed by atoms with van der Waals surface area (Å²) in [4.78, 5) is 3.33. The van der Waals surface area contributed by atoms with Crippen molar-refractivity contribution in [2.75, 3.05) is 5.73 Å². The molecule has 2 aromatic rings. The quantitative estimate of drug-likeness (QED) is 0.841. The highest BCUT2D eigenvalue weighted by atomic mass is 32.2. The van der Waals surface area contributed by atoms with Crippen molar-refractivity contribution in [3.8, 4) is 0 Å². The number of nitrogens with one attached hydrogen (secondary N) is 1. The van der Waals surface area contributed by atoms with Crippen molar-refractivity contribution in [2.24, 2.45) is 0 Å². The summed E-state index contributed by atoms with van der Waals surface area (Å²) >= 11 is 1.27. The third kappa shape index (κ3) is 3.36. The van der Waals surface area contributed by atoms with Crippen molar-refractivity contribution in [3.63, 3.8) is 0 Å². The second-order valence-electron chi connectivity index (χ2n) is 4.48. The van der Waals surface area contributed by atoms with Crippen molar-refractivity contribution < 1.29 is 17.2 Å². The summed E-state index contributed by atoms with van der Waals surface area (Å²) in [5.41, 5.74) is 5.94. The lowest BCUT2D eigenvalue weighted by Crippen LogP contribution is -2.28. The van der Waals surface area contributed by atoms with Crippen LogP contribution in [0.2, 0.25) is 0 Å². The highest BCUT2D eigenvalue weighted by molar-refractivity contribution is 7.89. The van der Waals surface area contributed by atoms with E-state index < -0.39 is 32.6 Å². The first kappa shape index (κ1) is 15.8.